The summed E-state index contributed by atoms with van der Waals surface area (Å²) in [6.07, 6.45) is -0.738. The Morgan fingerprint density at radius 1 is 1.30 bits per heavy atom. The molecule has 2 rings (SSSR count). The average Bonchev–Trinajstić information content (AvgIpc) is 2.45. The molecular formula is C16H15BrCl2N2O2. The zero-order chi connectivity index (χ0) is 17.1. The monoisotopic (exact) mass is 416 g/mol. The third-order valence-electron chi connectivity index (χ3n) is 3.12. The molecule has 0 aliphatic heterocycles. The Hall–Kier alpha value is -1.43. The summed E-state index contributed by atoms with van der Waals surface area (Å²) >= 11 is 15.3. The van der Waals surface area contributed by atoms with Gasteiger partial charge in [-0.3, -0.25) is 4.79 Å². The highest BCUT2D eigenvalue weighted by molar-refractivity contribution is 9.10. The maximum absolute atomic E-state index is 12.3. The number of halogens is 3. The SMILES string of the molecule is Cc1cc(N)cc(Br)c1NC(=O)C(C)Oc1ccc(Cl)cc1Cl. The number of amides is 1. The van der Waals surface area contributed by atoms with Crippen LogP contribution in [0.5, 0.6) is 5.75 Å². The summed E-state index contributed by atoms with van der Waals surface area (Å²) in [5.74, 6) is 0.0939. The molecule has 4 nitrogen and oxygen atoms in total. The van der Waals surface area contributed by atoms with Crippen LogP contribution in [0.4, 0.5) is 11.4 Å². The van der Waals surface area contributed by atoms with Crippen LogP contribution in [0.25, 0.3) is 0 Å². The van der Waals surface area contributed by atoms with E-state index < -0.39 is 6.10 Å². The lowest BCUT2D eigenvalue weighted by Crippen LogP contribution is -2.30. The van der Waals surface area contributed by atoms with Crippen LogP contribution >= 0.6 is 39.1 Å². The van der Waals surface area contributed by atoms with Gasteiger partial charge in [-0.15, -0.1) is 0 Å². The fourth-order valence-electron chi connectivity index (χ4n) is 1.97. The molecule has 1 atom stereocenters. The van der Waals surface area contributed by atoms with E-state index in [9.17, 15) is 4.79 Å². The van der Waals surface area contributed by atoms with Crippen molar-refractivity contribution in [3.05, 3.63) is 50.4 Å². The minimum atomic E-state index is -0.738. The van der Waals surface area contributed by atoms with Crippen molar-refractivity contribution in [2.45, 2.75) is 20.0 Å². The second kappa shape index (κ2) is 7.43. The number of rotatable bonds is 4. The predicted octanol–water partition coefficient (Wildman–Crippen LogP) is 5.05. The van der Waals surface area contributed by atoms with E-state index in [0.717, 1.165) is 5.56 Å². The number of aryl methyl sites for hydroxylation is 1. The van der Waals surface area contributed by atoms with Crippen molar-refractivity contribution in [1.29, 1.82) is 0 Å². The summed E-state index contributed by atoms with van der Waals surface area (Å²) in [5.41, 5.74) is 7.88. The van der Waals surface area contributed by atoms with Crippen LogP contribution in [-0.2, 0) is 4.79 Å². The lowest BCUT2D eigenvalue weighted by Gasteiger charge is -2.17. The van der Waals surface area contributed by atoms with Crippen molar-refractivity contribution in [2.24, 2.45) is 0 Å². The van der Waals surface area contributed by atoms with Gasteiger partial charge in [0.25, 0.3) is 5.91 Å². The summed E-state index contributed by atoms with van der Waals surface area (Å²) in [7, 11) is 0. The molecule has 0 radical (unpaired) electrons. The second-order valence-corrected chi connectivity index (χ2v) is 6.72. The Balaban J connectivity index is 2.11. The Labute approximate surface area is 153 Å². The van der Waals surface area contributed by atoms with E-state index in [0.29, 0.717) is 31.6 Å². The van der Waals surface area contributed by atoms with E-state index in [2.05, 4.69) is 21.2 Å². The van der Waals surface area contributed by atoms with Crippen LogP contribution in [0.3, 0.4) is 0 Å². The standard InChI is InChI=1S/C16H15BrCl2N2O2/c1-8-5-11(20)7-12(17)15(8)21-16(22)9(2)23-14-4-3-10(18)6-13(14)19/h3-7,9H,20H2,1-2H3,(H,21,22). The fraction of sp³-hybridized carbons (Fsp3) is 0.188. The molecule has 0 aromatic heterocycles. The highest BCUT2D eigenvalue weighted by Crippen LogP contribution is 2.30. The molecular weight excluding hydrogens is 403 g/mol. The van der Waals surface area contributed by atoms with Crippen molar-refractivity contribution >= 4 is 56.4 Å². The highest BCUT2D eigenvalue weighted by atomic mass is 79.9. The first kappa shape index (κ1) is 17.9. The molecule has 0 fully saturated rings. The van der Waals surface area contributed by atoms with Gasteiger partial charge in [0.2, 0.25) is 0 Å². The normalized spacial score (nSPS) is 11.9. The molecule has 1 unspecified atom stereocenters. The number of hydrogen-bond donors (Lipinski definition) is 2. The summed E-state index contributed by atoms with van der Waals surface area (Å²) in [4.78, 5) is 12.3. The first-order valence-corrected chi connectivity index (χ1v) is 8.31. The Bertz CT molecular complexity index is 730. The van der Waals surface area contributed by atoms with Crippen molar-refractivity contribution in [3.63, 3.8) is 0 Å². The lowest BCUT2D eigenvalue weighted by atomic mass is 10.1. The van der Waals surface area contributed by atoms with Gasteiger partial charge in [0, 0.05) is 15.2 Å². The van der Waals surface area contributed by atoms with E-state index in [1.807, 2.05) is 6.92 Å². The Morgan fingerprint density at radius 3 is 2.61 bits per heavy atom. The second-order valence-electron chi connectivity index (χ2n) is 5.02. The molecule has 0 bridgehead atoms. The van der Waals surface area contributed by atoms with E-state index in [1.54, 1.807) is 37.3 Å². The summed E-state index contributed by atoms with van der Waals surface area (Å²) < 4.78 is 6.30. The van der Waals surface area contributed by atoms with Crippen LogP contribution in [-0.4, -0.2) is 12.0 Å². The van der Waals surface area contributed by atoms with E-state index in [4.69, 9.17) is 33.7 Å². The lowest BCUT2D eigenvalue weighted by molar-refractivity contribution is -0.122. The van der Waals surface area contributed by atoms with Crippen LogP contribution in [0, 0.1) is 6.92 Å². The highest BCUT2D eigenvalue weighted by Gasteiger charge is 2.18. The zero-order valence-electron chi connectivity index (χ0n) is 12.5. The molecule has 0 aliphatic carbocycles. The third kappa shape index (κ3) is 4.53. The van der Waals surface area contributed by atoms with Crippen molar-refractivity contribution in [3.8, 4) is 5.75 Å². The van der Waals surface area contributed by atoms with Gasteiger partial charge in [-0.2, -0.15) is 0 Å². The third-order valence-corrected chi connectivity index (χ3v) is 4.28. The topological polar surface area (TPSA) is 64.3 Å². The summed E-state index contributed by atoms with van der Waals surface area (Å²) in [6, 6.07) is 8.34. The largest absolute Gasteiger partial charge is 0.479 e. The Kier molecular flexibility index (Phi) is 5.79. The molecule has 23 heavy (non-hydrogen) atoms. The van der Waals surface area contributed by atoms with Gasteiger partial charge in [-0.1, -0.05) is 23.2 Å². The van der Waals surface area contributed by atoms with Crippen LogP contribution in [0.15, 0.2) is 34.8 Å². The number of nitrogens with one attached hydrogen (secondary N) is 1. The van der Waals surface area contributed by atoms with Crippen molar-refractivity contribution in [2.75, 3.05) is 11.1 Å². The number of ether oxygens (including phenoxy) is 1. The number of nitrogens with two attached hydrogens (primary N) is 1. The fourth-order valence-corrected chi connectivity index (χ4v) is 3.10. The molecule has 122 valence electrons. The first-order chi connectivity index (χ1) is 10.8. The number of carbonyl (C=O) groups is 1. The van der Waals surface area contributed by atoms with E-state index in [1.165, 1.54) is 0 Å². The number of benzene rings is 2. The molecule has 2 aromatic carbocycles. The smallest absolute Gasteiger partial charge is 0.265 e. The molecule has 0 heterocycles. The molecule has 0 spiro atoms. The van der Waals surface area contributed by atoms with E-state index >= 15 is 0 Å². The zero-order valence-corrected chi connectivity index (χ0v) is 15.6. The first-order valence-electron chi connectivity index (χ1n) is 6.76. The predicted molar refractivity (Wildman–Crippen MR) is 98.5 cm³/mol. The molecule has 0 saturated heterocycles. The van der Waals surface area contributed by atoms with Gasteiger partial charge in [0.05, 0.1) is 10.7 Å². The molecule has 0 aliphatic rings. The number of nitrogen functional groups attached to an aromatic ring is 1. The van der Waals surface area contributed by atoms with Crippen LogP contribution < -0.4 is 15.8 Å². The number of carbonyl (C=O) groups excluding carboxylic acids is 1. The quantitative estimate of drug-likeness (QED) is 0.683. The maximum Gasteiger partial charge on any atom is 0.265 e. The maximum atomic E-state index is 12.3. The van der Waals surface area contributed by atoms with Gasteiger partial charge in [0.1, 0.15) is 5.75 Å². The number of anilines is 2. The van der Waals surface area contributed by atoms with Gasteiger partial charge in [-0.25, -0.2) is 0 Å². The molecule has 0 saturated carbocycles. The summed E-state index contributed by atoms with van der Waals surface area (Å²) in [5, 5.41) is 3.67. The number of hydrogen-bond acceptors (Lipinski definition) is 3. The molecule has 1 amide bonds. The van der Waals surface area contributed by atoms with Crippen molar-refractivity contribution < 1.29 is 9.53 Å². The van der Waals surface area contributed by atoms with Gasteiger partial charge < -0.3 is 15.8 Å². The Morgan fingerprint density at radius 2 is 2.00 bits per heavy atom. The molecule has 7 heteroatoms. The van der Waals surface area contributed by atoms with Crippen LogP contribution in [0.2, 0.25) is 10.0 Å². The van der Waals surface area contributed by atoms with E-state index in [-0.39, 0.29) is 5.91 Å². The van der Waals surface area contributed by atoms with Gasteiger partial charge in [0.15, 0.2) is 6.10 Å². The van der Waals surface area contributed by atoms with Gasteiger partial charge >= 0.3 is 0 Å². The minimum absolute atomic E-state index is 0.301. The minimum Gasteiger partial charge on any atom is -0.479 e. The molecule has 3 N–H and O–H groups in total. The summed E-state index contributed by atoms with van der Waals surface area (Å²) in [6.45, 7) is 3.50. The average molecular weight is 418 g/mol. The van der Waals surface area contributed by atoms with Gasteiger partial charge in [-0.05, 0) is 65.7 Å². The molecule has 2 aromatic rings. The van der Waals surface area contributed by atoms with Crippen LogP contribution in [0.1, 0.15) is 12.5 Å². The van der Waals surface area contributed by atoms with Crippen molar-refractivity contribution in [1.82, 2.24) is 0 Å².